The second-order valence-corrected chi connectivity index (χ2v) is 10.1. The van der Waals surface area contributed by atoms with Gasteiger partial charge in [-0.3, -0.25) is 9.36 Å². The predicted octanol–water partition coefficient (Wildman–Crippen LogP) is 3.89. The number of esters is 1. The van der Waals surface area contributed by atoms with Gasteiger partial charge >= 0.3 is 5.97 Å². The van der Waals surface area contributed by atoms with Crippen molar-refractivity contribution in [3.05, 3.63) is 83.2 Å². The normalized spacial score (nSPS) is 16.0. The van der Waals surface area contributed by atoms with Gasteiger partial charge in [0.25, 0.3) is 5.56 Å². The third-order valence-electron chi connectivity index (χ3n) is 5.09. The van der Waals surface area contributed by atoms with Crippen LogP contribution < -0.4 is 19.6 Å². The molecule has 1 atom stereocenters. The van der Waals surface area contributed by atoms with Crippen molar-refractivity contribution in [2.45, 2.75) is 33.7 Å². The maximum atomic E-state index is 13.5. The van der Waals surface area contributed by atoms with Crippen LogP contribution >= 0.6 is 22.7 Å². The third kappa shape index (κ3) is 4.86. The molecule has 3 heterocycles. The molecule has 0 radical (unpaired) electrons. The molecule has 172 valence electrons. The predicted molar refractivity (Wildman–Crippen MR) is 131 cm³/mol. The number of thiophene rings is 1. The largest absolute Gasteiger partial charge is 0.494 e. The Kier molecular flexibility index (Phi) is 6.95. The van der Waals surface area contributed by atoms with Crippen LogP contribution in [-0.2, 0) is 9.53 Å². The Bertz CT molecular complexity index is 1350. The van der Waals surface area contributed by atoms with Crippen molar-refractivity contribution in [2.75, 3.05) is 13.2 Å². The zero-order chi connectivity index (χ0) is 23.5. The first-order valence-electron chi connectivity index (χ1n) is 10.8. The van der Waals surface area contributed by atoms with Crippen LogP contribution in [0.2, 0.25) is 0 Å². The maximum absolute atomic E-state index is 13.5. The van der Waals surface area contributed by atoms with Crippen molar-refractivity contribution >= 4 is 34.7 Å². The fourth-order valence-electron chi connectivity index (χ4n) is 3.60. The van der Waals surface area contributed by atoms with E-state index in [-0.39, 0.29) is 11.5 Å². The quantitative estimate of drug-likeness (QED) is 0.479. The Morgan fingerprint density at radius 1 is 1.24 bits per heavy atom. The van der Waals surface area contributed by atoms with Crippen LogP contribution in [0.5, 0.6) is 5.75 Å². The molecular weight excluding hydrogens is 456 g/mol. The first kappa shape index (κ1) is 23.2. The number of ether oxygens (including phenoxy) is 2. The number of rotatable bonds is 7. The minimum Gasteiger partial charge on any atom is -0.494 e. The van der Waals surface area contributed by atoms with Crippen LogP contribution in [0.1, 0.15) is 44.2 Å². The molecule has 33 heavy (non-hydrogen) atoms. The topological polar surface area (TPSA) is 69.9 Å². The second kappa shape index (κ2) is 9.89. The first-order valence-corrected chi connectivity index (χ1v) is 12.5. The monoisotopic (exact) mass is 482 g/mol. The minimum absolute atomic E-state index is 0.173. The van der Waals surface area contributed by atoms with E-state index >= 15 is 0 Å². The molecule has 1 aliphatic rings. The Labute approximate surface area is 200 Å². The SMILES string of the molecule is CCOc1ccc(C=c2sc3n(c2=O)C(c2cccs2)C(C(=O)OCC(C)C)=C(C)N=3)cc1. The van der Waals surface area contributed by atoms with Crippen molar-refractivity contribution in [1.82, 2.24) is 4.57 Å². The number of nitrogens with zero attached hydrogens (tertiary/aromatic N) is 2. The number of aromatic nitrogens is 1. The Morgan fingerprint density at radius 3 is 2.64 bits per heavy atom. The molecule has 0 fully saturated rings. The molecule has 0 saturated carbocycles. The summed E-state index contributed by atoms with van der Waals surface area (Å²) in [5, 5.41) is 1.94. The lowest BCUT2D eigenvalue weighted by molar-refractivity contribution is -0.140. The van der Waals surface area contributed by atoms with Crippen molar-refractivity contribution < 1.29 is 14.3 Å². The summed E-state index contributed by atoms with van der Waals surface area (Å²) in [6.07, 6.45) is 1.85. The summed E-state index contributed by atoms with van der Waals surface area (Å²) in [4.78, 5) is 32.7. The summed E-state index contributed by atoms with van der Waals surface area (Å²) in [5.41, 5.74) is 1.71. The summed E-state index contributed by atoms with van der Waals surface area (Å²) in [6, 6.07) is 10.9. The first-order chi connectivity index (χ1) is 15.9. The van der Waals surface area contributed by atoms with Gasteiger partial charge in [-0.1, -0.05) is 43.4 Å². The highest BCUT2D eigenvalue weighted by Crippen LogP contribution is 2.33. The average molecular weight is 483 g/mol. The Hall–Kier alpha value is -2.97. The van der Waals surface area contributed by atoms with Gasteiger partial charge in [0, 0.05) is 4.88 Å². The molecule has 1 unspecified atom stereocenters. The van der Waals surface area contributed by atoms with Gasteiger partial charge in [0.15, 0.2) is 4.80 Å². The van der Waals surface area contributed by atoms with Crippen molar-refractivity contribution in [3.8, 4) is 5.75 Å². The number of thiazole rings is 1. The van der Waals surface area contributed by atoms with Crippen molar-refractivity contribution in [2.24, 2.45) is 10.9 Å². The number of benzene rings is 1. The van der Waals surface area contributed by atoms with Crippen molar-refractivity contribution in [3.63, 3.8) is 0 Å². The van der Waals surface area contributed by atoms with Gasteiger partial charge in [0.05, 0.1) is 29.0 Å². The lowest BCUT2D eigenvalue weighted by atomic mass is 10.0. The summed E-state index contributed by atoms with van der Waals surface area (Å²) >= 11 is 2.83. The summed E-state index contributed by atoms with van der Waals surface area (Å²) < 4.78 is 13.2. The second-order valence-electron chi connectivity index (χ2n) is 8.09. The van der Waals surface area contributed by atoms with Gasteiger partial charge in [-0.2, -0.15) is 0 Å². The van der Waals surface area contributed by atoms with E-state index in [0.717, 1.165) is 16.2 Å². The van der Waals surface area contributed by atoms with E-state index in [0.29, 0.717) is 33.8 Å². The smallest absolute Gasteiger partial charge is 0.338 e. The molecule has 1 aliphatic heterocycles. The van der Waals surface area contributed by atoms with Gasteiger partial charge in [0.1, 0.15) is 11.8 Å². The Balaban J connectivity index is 1.81. The molecule has 1 aromatic carbocycles. The summed E-state index contributed by atoms with van der Waals surface area (Å²) in [6.45, 7) is 8.63. The van der Waals surface area contributed by atoms with Gasteiger partial charge in [-0.15, -0.1) is 11.3 Å². The number of hydrogen-bond acceptors (Lipinski definition) is 7. The number of allylic oxidation sites excluding steroid dienone is 1. The molecule has 3 aromatic rings. The average Bonchev–Trinajstić information content (AvgIpc) is 3.41. The molecular formula is C25H26N2O4S2. The van der Waals surface area contributed by atoms with E-state index in [1.54, 1.807) is 11.5 Å². The molecule has 0 amide bonds. The molecule has 4 rings (SSSR count). The fraction of sp³-hybridized carbons (Fsp3) is 0.320. The molecule has 0 saturated heterocycles. The van der Waals surface area contributed by atoms with Crippen LogP contribution in [0, 0.1) is 5.92 Å². The molecule has 0 bridgehead atoms. The number of carbonyl (C=O) groups is 1. The van der Waals surface area contributed by atoms with Crippen LogP contribution in [0.25, 0.3) is 6.08 Å². The lowest BCUT2D eigenvalue weighted by Crippen LogP contribution is -2.39. The van der Waals surface area contributed by atoms with Crippen LogP contribution in [0.3, 0.4) is 0 Å². The van der Waals surface area contributed by atoms with E-state index < -0.39 is 12.0 Å². The van der Waals surface area contributed by atoms with Crippen LogP contribution in [0.4, 0.5) is 0 Å². The summed E-state index contributed by atoms with van der Waals surface area (Å²) in [7, 11) is 0. The van der Waals surface area contributed by atoms with Gasteiger partial charge < -0.3 is 9.47 Å². The molecule has 8 heteroatoms. The Morgan fingerprint density at radius 2 is 2.00 bits per heavy atom. The third-order valence-corrected chi connectivity index (χ3v) is 7.00. The molecule has 0 N–H and O–H groups in total. The highest BCUT2D eigenvalue weighted by Gasteiger charge is 2.34. The molecule has 2 aromatic heterocycles. The molecule has 0 spiro atoms. The van der Waals surface area contributed by atoms with Crippen LogP contribution in [0.15, 0.2) is 62.8 Å². The highest BCUT2D eigenvalue weighted by molar-refractivity contribution is 7.10. The van der Waals surface area contributed by atoms with E-state index in [1.165, 1.54) is 22.7 Å². The highest BCUT2D eigenvalue weighted by atomic mass is 32.1. The molecule has 0 aliphatic carbocycles. The minimum atomic E-state index is -0.552. The van der Waals surface area contributed by atoms with Crippen molar-refractivity contribution in [1.29, 1.82) is 0 Å². The zero-order valence-electron chi connectivity index (χ0n) is 19.0. The summed E-state index contributed by atoms with van der Waals surface area (Å²) in [5.74, 6) is 0.573. The molecule has 6 nitrogen and oxygen atoms in total. The maximum Gasteiger partial charge on any atom is 0.338 e. The van der Waals surface area contributed by atoms with E-state index in [9.17, 15) is 9.59 Å². The number of carbonyl (C=O) groups excluding carboxylic acids is 1. The zero-order valence-corrected chi connectivity index (χ0v) is 20.7. The number of hydrogen-bond donors (Lipinski definition) is 0. The van der Waals surface area contributed by atoms with Gasteiger partial charge in [-0.05, 0) is 55.0 Å². The fourth-order valence-corrected chi connectivity index (χ4v) is 5.47. The van der Waals surface area contributed by atoms with E-state index in [2.05, 4.69) is 4.99 Å². The van der Waals surface area contributed by atoms with E-state index in [1.807, 2.05) is 68.6 Å². The standard InChI is InChI=1S/C25H26N2O4S2/c1-5-30-18-10-8-17(9-11-18)13-20-23(28)27-22(19-7-6-12-32-19)21(16(4)26-25(27)33-20)24(29)31-14-15(2)3/h6-13,15,22H,5,14H2,1-4H3. The van der Waals surface area contributed by atoms with E-state index in [4.69, 9.17) is 9.47 Å². The van der Waals surface area contributed by atoms with Gasteiger partial charge in [-0.25, -0.2) is 9.79 Å². The van der Waals surface area contributed by atoms with Gasteiger partial charge in [0.2, 0.25) is 0 Å². The number of fused-ring (bicyclic) bond motifs is 1. The van der Waals surface area contributed by atoms with Crippen LogP contribution in [-0.4, -0.2) is 23.8 Å². The lowest BCUT2D eigenvalue weighted by Gasteiger charge is -2.23.